The van der Waals surface area contributed by atoms with Crippen molar-refractivity contribution in [3.8, 4) is 0 Å². The van der Waals surface area contributed by atoms with Crippen molar-refractivity contribution in [2.75, 3.05) is 24.5 Å². The van der Waals surface area contributed by atoms with Crippen molar-refractivity contribution < 1.29 is 4.79 Å². The maximum Gasteiger partial charge on any atom is 0.226 e. The molecule has 0 spiro atoms. The van der Waals surface area contributed by atoms with Gasteiger partial charge in [0, 0.05) is 44.5 Å². The van der Waals surface area contributed by atoms with Crippen molar-refractivity contribution in [3.05, 3.63) is 52.3 Å². The van der Waals surface area contributed by atoms with Crippen LogP contribution < -0.4 is 4.90 Å². The van der Waals surface area contributed by atoms with E-state index in [2.05, 4.69) is 55.1 Å². The molecule has 0 aliphatic carbocycles. The van der Waals surface area contributed by atoms with Crippen LogP contribution in [-0.4, -0.2) is 40.4 Å². The Balaban J connectivity index is 1.36. The Morgan fingerprint density at radius 2 is 1.72 bits per heavy atom. The summed E-state index contributed by atoms with van der Waals surface area (Å²) >= 11 is 3.36. The van der Waals surface area contributed by atoms with Gasteiger partial charge in [-0.05, 0) is 46.3 Å². The van der Waals surface area contributed by atoms with Gasteiger partial charge in [0.1, 0.15) is 0 Å². The molecule has 1 saturated heterocycles. The van der Waals surface area contributed by atoms with Crippen molar-refractivity contribution in [1.82, 2.24) is 14.9 Å². The van der Waals surface area contributed by atoms with Crippen LogP contribution in [0.25, 0.3) is 0 Å². The third-order valence-corrected chi connectivity index (χ3v) is 5.59. The van der Waals surface area contributed by atoms with E-state index in [-0.39, 0.29) is 5.92 Å². The fourth-order valence-corrected chi connectivity index (χ4v) is 3.94. The zero-order valence-corrected chi connectivity index (χ0v) is 15.7. The summed E-state index contributed by atoms with van der Waals surface area (Å²) in [5.41, 5.74) is 2.68. The molecule has 1 fully saturated rings. The van der Waals surface area contributed by atoms with Gasteiger partial charge in [-0.2, -0.15) is 0 Å². The van der Waals surface area contributed by atoms with Crippen molar-refractivity contribution in [2.45, 2.75) is 25.8 Å². The van der Waals surface area contributed by atoms with Crippen LogP contribution in [-0.2, 0) is 17.8 Å². The van der Waals surface area contributed by atoms with E-state index in [9.17, 15) is 4.79 Å². The zero-order valence-electron chi connectivity index (χ0n) is 14.1. The summed E-state index contributed by atoms with van der Waals surface area (Å²) in [7, 11) is 0. The number of carbonyl (C=O) groups is 1. The number of anilines is 1. The molecule has 130 valence electrons. The van der Waals surface area contributed by atoms with Gasteiger partial charge in [-0.3, -0.25) is 4.79 Å². The Labute approximate surface area is 156 Å². The summed E-state index contributed by atoms with van der Waals surface area (Å²) in [5.74, 6) is 1.18. The van der Waals surface area contributed by atoms with E-state index >= 15 is 0 Å². The van der Waals surface area contributed by atoms with Crippen molar-refractivity contribution in [3.63, 3.8) is 0 Å². The zero-order chi connectivity index (χ0) is 17.2. The van der Waals surface area contributed by atoms with Crippen molar-refractivity contribution in [1.29, 1.82) is 0 Å². The Hall–Kier alpha value is -1.95. The van der Waals surface area contributed by atoms with Crippen LogP contribution in [0.5, 0.6) is 0 Å². The molecule has 4 rings (SSSR count). The number of hydrogen-bond acceptors (Lipinski definition) is 4. The largest absolute Gasteiger partial charge is 0.341 e. The Morgan fingerprint density at radius 1 is 1.04 bits per heavy atom. The molecule has 1 amide bonds. The lowest BCUT2D eigenvalue weighted by atomic mass is 9.93. The number of hydrogen-bond donors (Lipinski definition) is 0. The Morgan fingerprint density at radius 3 is 2.44 bits per heavy atom. The fourth-order valence-electron chi connectivity index (χ4n) is 3.74. The van der Waals surface area contributed by atoms with Gasteiger partial charge in [0.05, 0.1) is 4.47 Å². The van der Waals surface area contributed by atoms with E-state index in [1.165, 1.54) is 11.1 Å². The van der Waals surface area contributed by atoms with Crippen LogP contribution >= 0.6 is 15.9 Å². The number of fused-ring (bicyclic) bond motifs is 1. The number of piperidine rings is 1. The van der Waals surface area contributed by atoms with E-state index < -0.39 is 0 Å². The molecule has 1 aromatic carbocycles. The molecular weight excluding hydrogens is 380 g/mol. The van der Waals surface area contributed by atoms with Gasteiger partial charge in [-0.1, -0.05) is 24.3 Å². The van der Waals surface area contributed by atoms with E-state index in [1.54, 1.807) is 12.4 Å². The third-order valence-electron chi connectivity index (χ3n) is 5.18. The number of rotatable bonds is 2. The van der Waals surface area contributed by atoms with E-state index in [0.29, 0.717) is 5.91 Å². The molecule has 3 heterocycles. The second kappa shape index (κ2) is 7.12. The van der Waals surface area contributed by atoms with Crippen LogP contribution in [0.1, 0.15) is 24.0 Å². The molecule has 0 bridgehead atoms. The standard InChI is InChI=1S/C19H21BrN4O/c20-17-11-21-19(22-12-17)23-8-6-15(7-9-23)18(25)24-10-5-14-3-1-2-4-16(14)13-24/h1-4,11-12,15H,5-10,13H2. The van der Waals surface area contributed by atoms with E-state index in [4.69, 9.17) is 0 Å². The lowest BCUT2D eigenvalue weighted by Crippen LogP contribution is -2.44. The quantitative estimate of drug-likeness (QED) is 0.776. The predicted octanol–water partition coefficient (Wildman–Crippen LogP) is 3.04. The topological polar surface area (TPSA) is 49.3 Å². The molecule has 6 heteroatoms. The molecule has 2 aliphatic rings. The summed E-state index contributed by atoms with van der Waals surface area (Å²) in [6, 6.07) is 8.45. The first kappa shape index (κ1) is 16.5. The molecule has 5 nitrogen and oxygen atoms in total. The Bertz CT molecular complexity index is 756. The highest BCUT2D eigenvalue weighted by Gasteiger charge is 2.30. The molecule has 0 atom stereocenters. The van der Waals surface area contributed by atoms with E-state index in [0.717, 1.165) is 55.9 Å². The average molecular weight is 401 g/mol. The van der Waals surface area contributed by atoms with Gasteiger partial charge in [0.25, 0.3) is 0 Å². The predicted molar refractivity (Wildman–Crippen MR) is 100 cm³/mol. The number of carbonyl (C=O) groups excluding carboxylic acids is 1. The molecule has 2 aromatic rings. The Kier molecular flexibility index (Phi) is 4.70. The highest BCUT2D eigenvalue weighted by molar-refractivity contribution is 9.10. The van der Waals surface area contributed by atoms with Crippen LogP contribution in [0, 0.1) is 5.92 Å². The van der Waals surface area contributed by atoms with Crippen molar-refractivity contribution in [2.24, 2.45) is 5.92 Å². The third kappa shape index (κ3) is 3.54. The van der Waals surface area contributed by atoms with Crippen LogP contribution in [0.2, 0.25) is 0 Å². The summed E-state index contributed by atoms with van der Waals surface area (Å²) in [6.07, 6.45) is 6.25. The first-order valence-electron chi connectivity index (χ1n) is 8.79. The minimum absolute atomic E-state index is 0.122. The SMILES string of the molecule is O=C(C1CCN(c2ncc(Br)cn2)CC1)N1CCc2ccccc2C1. The number of aromatic nitrogens is 2. The second-order valence-electron chi connectivity index (χ2n) is 6.74. The van der Waals surface area contributed by atoms with Crippen LogP contribution in [0.15, 0.2) is 41.1 Å². The first-order valence-corrected chi connectivity index (χ1v) is 9.58. The second-order valence-corrected chi connectivity index (χ2v) is 7.66. The minimum atomic E-state index is 0.122. The van der Waals surface area contributed by atoms with E-state index in [1.807, 2.05) is 4.90 Å². The number of halogens is 1. The number of nitrogens with zero attached hydrogens (tertiary/aromatic N) is 4. The number of amides is 1. The molecule has 1 aromatic heterocycles. The van der Waals surface area contributed by atoms with Gasteiger partial charge in [-0.15, -0.1) is 0 Å². The molecule has 0 unspecified atom stereocenters. The van der Waals surface area contributed by atoms with Crippen LogP contribution in [0.3, 0.4) is 0 Å². The summed E-state index contributed by atoms with van der Waals surface area (Å²) in [4.78, 5) is 25.8. The average Bonchev–Trinajstić information content (AvgIpc) is 2.68. The maximum atomic E-state index is 12.9. The molecule has 25 heavy (non-hydrogen) atoms. The lowest BCUT2D eigenvalue weighted by molar-refractivity contribution is -0.137. The first-order chi connectivity index (χ1) is 12.2. The normalized spacial score (nSPS) is 18.1. The number of benzene rings is 1. The van der Waals surface area contributed by atoms with Gasteiger partial charge >= 0.3 is 0 Å². The summed E-state index contributed by atoms with van der Waals surface area (Å²) in [6.45, 7) is 3.27. The molecule has 0 saturated carbocycles. The van der Waals surface area contributed by atoms with Crippen LogP contribution in [0.4, 0.5) is 5.95 Å². The monoisotopic (exact) mass is 400 g/mol. The van der Waals surface area contributed by atoms with Crippen molar-refractivity contribution >= 4 is 27.8 Å². The van der Waals surface area contributed by atoms with Gasteiger partial charge in [0.15, 0.2) is 0 Å². The minimum Gasteiger partial charge on any atom is -0.341 e. The maximum absolute atomic E-state index is 12.9. The summed E-state index contributed by atoms with van der Waals surface area (Å²) < 4.78 is 0.881. The molecular formula is C19H21BrN4O. The van der Waals surface area contributed by atoms with Gasteiger partial charge in [-0.25, -0.2) is 9.97 Å². The fraction of sp³-hybridized carbons (Fsp3) is 0.421. The molecule has 0 radical (unpaired) electrons. The highest BCUT2D eigenvalue weighted by atomic mass is 79.9. The highest BCUT2D eigenvalue weighted by Crippen LogP contribution is 2.26. The van der Waals surface area contributed by atoms with Gasteiger partial charge < -0.3 is 9.80 Å². The molecule has 2 aliphatic heterocycles. The van der Waals surface area contributed by atoms with Gasteiger partial charge in [0.2, 0.25) is 11.9 Å². The smallest absolute Gasteiger partial charge is 0.226 e. The lowest BCUT2D eigenvalue weighted by Gasteiger charge is -2.36. The summed E-state index contributed by atoms with van der Waals surface area (Å²) in [5, 5.41) is 0. The molecule has 0 N–H and O–H groups in total.